The van der Waals surface area contributed by atoms with E-state index in [2.05, 4.69) is 10.3 Å². The van der Waals surface area contributed by atoms with Crippen LogP contribution >= 0.6 is 11.6 Å². The van der Waals surface area contributed by atoms with Gasteiger partial charge in [0.05, 0.1) is 5.69 Å². The Morgan fingerprint density at radius 3 is 2.53 bits per heavy atom. The molecule has 1 amide bonds. The van der Waals surface area contributed by atoms with E-state index >= 15 is 0 Å². The van der Waals surface area contributed by atoms with Crippen molar-refractivity contribution in [3.8, 4) is 0 Å². The zero-order valence-corrected chi connectivity index (χ0v) is 17.5. The molecule has 1 unspecified atom stereocenters. The maximum absolute atomic E-state index is 13.1. The monoisotopic (exact) mass is 427 g/mol. The molecule has 0 aliphatic rings. The van der Waals surface area contributed by atoms with Crippen LogP contribution in [0.2, 0.25) is 5.02 Å². The van der Waals surface area contributed by atoms with Crippen LogP contribution in [0.4, 0.5) is 5.69 Å². The second kappa shape index (κ2) is 8.67. The van der Waals surface area contributed by atoms with Gasteiger partial charge >= 0.3 is 0 Å². The predicted octanol–water partition coefficient (Wildman–Crippen LogP) is 5.22. The van der Waals surface area contributed by atoms with Gasteiger partial charge in [0.1, 0.15) is 5.69 Å². The van der Waals surface area contributed by atoms with E-state index in [1.807, 2.05) is 6.07 Å². The minimum Gasteiger partial charge on any atom is -0.350 e. The minimum absolute atomic E-state index is 0.0372. The maximum Gasteiger partial charge on any atom is 0.224 e. The number of ketones is 1. The number of amides is 1. The van der Waals surface area contributed by atoms with Crippen molar-refractivity contribution in [2.45, 2.75) is 38.6 Å². The fourth-order valence-corrected chi connectivity index (χ4v) is 3.36. The number of aromatic amines is 1. The first-order valence-corrected chi connectivity index (χ1v) is 9.98. The van der Waals surface area contributed by atoms with Gasteiger partial charge in [0, 0.05) is 52.6 Å². The number of fused-ring (bicyclic) bond motifs is 1. The summed E-state index contributed by atoms with van der Waals surface area (Å²) < 4.78 is 0. The largest absolute Gasteiger partial charge is 0.350 e. The van der Waals surface area contributed by atoms with Gasteiger partial charge < -0.3 is 10.3 Å². The molecule has 2 N–H and O–H groups in total. The lowest BCUT2D eigenvalue weighted by atomic mass is 9.93. The van der Waals surface area contributed by atoms with Crippen molar-refractivity contribution in [1.29, 1.82) is 0 Å². The van der Waals surface area contributed by atoms with Gasteiger partial charge in [-0.15, -0.1) is 0 Å². The van der Waals surface area contributed by atoms with Crippen LogP contribution in [0.25, 0.3) is 10.9 Å². The molecule has 1 heterocycles. The maximum atomic E-state index is 13.1. The lowest BCUT2D eigenvalue weighted by Crippen LogP contribution is -2.35. The Morgan fingerprint density at radius 1 is 1.20 bits per heavy atom. The van der Waals surface area contributed by atoms with Crippen molar-refractivity contribution < 1.29 is 14.5 Å². The number of hydrogen-bond acceptors (Lipinski definition) is 4. The lowest BCUT2D eigenvalue weighted by molar-refractivity contribution is -0.566. The molecule has 8 heteroatoms. The van der Waals surface area contributed by atoms with Crippen molar-refractivity contribution in [3.05, 3.63) is 74.9 Å². The average molecular weight is 428 g/mol. The highest BCUT2D eigenvalue weighted by molar-refractivity contribution is 6.31. The number of aromatic nitrogens is 1. The molecule has 0 aliphatic heterocycles. The van der Waals surface area contributed by atoms with Crippen LogP contribution in [0, 0.1) is 10.1 Å². The molecule has 0 fully saturated rings. The van der Waals surface area contributed by atoms with Gasteiger partial charge in [-0.05, 0) is 18.2 Å². The zero-order chi connectivity index (χ0) is 21.9. The third-order valence-corrected chi connectivity index (χ3v) is 5.62. The van der Waals surface area contributed by atoms with Gasteiger partial charge in [0.2, 0.25) is 17.2 Å². The summed E-state index contributed by atoms with van der Waals surface area (Å²) in [4.78, 5) is 39.7. The first-order valence-electron chi connectivity index (χ1n) is 9.60. The van der Waals surface area contributed by atoms with E-state index < -0.39 is 11.4 Å². The molecule has 30 heavy (non-hydrogen) atoms. The summed E-state index contributed by atoms with van der Waals surface area (Å²) in [6.07, 6.45) is 0.375. The highest BCUT2D eigenvalue weighted by atomic mass is 35.5. The molecular formula is C22H22ClN3O4. The number of nitrogens with one attached hydrogen (secondary N) is 2. The molecule has 7 nitrogen and oxygen atoms in total. The van der Waals surface area contributed by atoms with E-state index in [0.29, 0.717) is 33.6 Å². The first-order chi connectivity index (χ1) is 14.2. The van der Waals surface area contributed by atoms with Gasteiger partial charge in [-0.3, -0.25) is 19.7 Å². The Kier molecular flexibility index (Phi) is 6.22. The van der Waals surface area contributed by atoms with E-state index in [0.717, 1.165) is 0 Å². The Hall–Kier alpha value is -3.19. The van der Waals surface area contributed by atoms with Gasteiger partial charge in [-0.1, -0.05) is 48.9 Å². The van der Waals surface area contributed by atoms with Crippen LogP contribution < -0.4 is 5.32 Å². The highest BCUT2D eigenvalue weighted by Gasteiger charge is 2.35. The van der Waals surface area contributed by atoms with Crippen molar-refractivity contribution >= 4 is 39.9 Å². The van der Waals surface area contributed by atoms with Crippen molar-refractivity contribution in [2.24, 2.45) is 0 Å². The number of halogens is 1. The van der Waals surface area contributed by atoms with Crippen LogP contribution in [0.3, 0.4) is 0 Å². The van der Waals surface area contributed by atoms with Crippen LogP contribution in [-0.4, -0.2) is 27.1 Å². The number of anilines is 1. The Labute approximate surface area is 178 Å². The number of hydrogen-bond donors (Lipinski definition) is 2. The predicted molar refractivity (Wildman–Crippen MR) is 117 cm³/mol. The SMILES string of the molecule is CCC(C)(CCC(=O)Nc1c(C(=O)c2ccccc2)[nH]c2cc(Cl)ccc12)[N+](=O)[O-]. The molecular weight excluding hydrogens is 406 g/mol. The van der Waals surface area contributed by atoms with E-state index in [9.17, 15) is 19.7 Å². The summed E-state index contributed by atoms with van der Waals surface area (Å²) in [7, 11) is 0. The summed E-state index contributed by atoms with van der Waals surface area (Å²) >= 11 is 6.07. The molecule has 2 aromatic carbocycles. The van der Waals surface area contributed by atoms with E-state index in [-0.39, 0.29) is 29.2 Å². The normalized spacial score (nSPS) is 13.0. The Bertz CT molecular complexity index is 1110. The summed E-state index contributed by atoms with van der Waals surface area (Å²) in [6.45, 7) is 3.25. The van der Waals surface area contributed by atoms with Crippen LogP contribution in [0.15, 0.2) is 48.5 Å². The molecule has 0 radical (unpaired) electrons. The quantitative estimate of drug-likeness (QED) is 0.292. The smallest absolute Gasteiger partial charge is 0.224 e. The van der Waals surface area contributed by atoms with Crippen LogP contribution in [0.1, 0.15) is 49.2 Å². The molecule has 1 atom stereocenters. The first kappa shape index (κ1) is 21.5. The number of carbonyl (C=O) groups is 2. The lowest BCUT2D eigenvalue weighted by Gasteiger charge is -2.18. The summed E-state index contributed by atoms with van der Waals surface area (Å²) in [5.41, 5.74) is 0.492. The summed E-state index contributed by atoms with van der Waals surface area (Å²) in [5, 5.41) is 15.2. The van der Waals surface area contributed by atoms with E-state index in [1.165, 1.54) is 6.92 Å². The van der Waals surface area contributed by atoms with E-state index in [1.54, 1.807) is 49.4 Å². The summed E-state index contributed by atoms with van der Waals surface area (Å²) in [5.74, 6) is -0.670. The topological polar surface area (TPSA) is 105 Å². The van der Waals surface area contributed by atoms with Crippen LogP contribution in [0.5, 0.6) is 0 Å². The van der Waals surface area contributed by atoms with Crippen molar-refractivity contribution in [3.63, 3.8) is 0 Å². The molecule has 0 saturated heterocycles. The molecule has 1 aromatic heterocycles. The summed E-state index contributed by atoms with van der Waals surface area (Å²) in [6, 6.07) is 13.8. The standard InChI is InChI=1S/C22H22ClN3O4/c1-3-22(2,26(29)30)12-11-18(27)25-19-16-10-9-15(23)13-17(16)24-20(19)21(28)14-7-5-4-6-8-14/h4-10,13,24H,3,11-12H2,1-2H3,(H,25,27). The van der Waals surface area contributed by atoms with Gasteiger partial charge in [0.25, 0.3) is 0 Å². The fraction of sp³-hybridized carbons (Fsp3) is 0.273. The number of rotatable bonds is 8. The number of nitrogens with zero attached hydrogens (tertiary/aromatic N) is 1. The third kappa shape index (κ3) is 4.36. The number of benzene rings is 2. The molecule has 0 spiro atoms. The average Bonchev–Trinajstić information content (AvgIpc) is 3.09. The third-order valence-electron chi connectivity index (χ3n) is 5.38. The minimum atomic E-state index is -1.17. The van der Waals surface area contributed by atoms with Gasteiger partial charge in [-0.2, -0.15) is 0 Å². The Morgan fingerprint density at radius 2 is 1.90 bits per heavy atom. The molecule has 0 aliphatic carbocycles. The molecule has 3 aromatic rings. The highest BCUT2D eigenvalue weighted by Crippen LogP contribution is 2.32. The van der Waals surface area contributed by atoms with Gasteiger partial charge in [-0.25, -0.2) is 0 Å². The Balaban J connectivity index is 1.93. The van der Waals surface area contributed by atoms with Crippen LogP contribution in [-0.2, 0) is 4.79 Å². The molecule has 0 saturated carbocycles. The number of carbonyl (C=O) groups excluding carboxylic acids is 2. The number of nitro groups is 1. The molecule has 3 rings (SSSR count). The fourth-order valence-electron chi connectivity index (χ4n) is 3.19. The number of H-pyrrole nitrogens is 1. The van der Waals surface area contributed by atoms with Gasteiger partial charge in [0.15, 0.2) is 0 Å². The van der Waals surface area contributed by atoms with Crippen molar-refractivity contribution in [2.75, 3.05) is 5.32 Å². The second-order valence-electron chi connectivity index (χ2n) is 7.42. The molecule has 0 bridgehead atoms. The second-order valence-corrected chi connectivity index (χ2v) is 7.85. The van der Waals surface area contributed by atoms with E-state index in [4.69, 9.17) is 11.6 Å². The zero-order valence-electron chi connectivity index (χ0n) is 16.7. The molecule has 156 valence electrons. The van der Waals surface area contributed by atoms with Crippen molar-refractivity contribution in [1.82, 2.24) is 4.98 Å².